The molecule has 0 saturated heterocycles. The minimum atomic E-state index is 0.575. The minimum absolute atomic E-state index is 0.575. The third-order valence-corrected chi connectivity index (χ3v) is 3.82. The predicted molar refractivity (Wildman–Crippen MR) is 79.7 cm³/mol. The largest absolute Gasteiger partial charge is 0.491 e. The molecule has 0 fully saturated rings. The Hall–Kier alpha value is -1.88. The monoisotopic (exact) mass is 273 g/mol. The van der Waals surface area contributed by atoms with Crippen LogP contribution in [0.15, 0.2) is 24.4 Å². The molecule has 4 nitrogen and oxygen atoms in total. The maximum Gasteiger partial charge on any atom is 0.181 e. The van der Waals surface area contributed by atoms with E-state index in [1.54, 1.807) is 6.20 Å². The van der Waals surface area contributed by atoms with Crippen molar-refractivity contribution >= 4 is 37.6 Å². The van der Waals surface area contributed by atoms with Crippen molar-refractivity contribution < 1.29 is 4.74 Å². The van der Waals surface area contributed by atoms with Crippen molar-refractivity contribution in [2.45, 2.75) is 19.8 Å². The normalized spacial score (nSPS) is 11.2. The van der Waals surface area contributed by atoms with Gasteiger partial charge >= 0.3 is 0 Å². The van der Waals surface area contributed by atoms with Gasteiger partial charge in [0.25, 0.3) is 0 Å². The summed E-state index contributed by atoms with van der Waals surface area (Å²) < 4.78 is 6.90. The Bertz CT molecular complexity index is 723. The van der Waals surface area contributed by atoms with E-state index in [0.717, 1.165) is 39.7 Å². The summed E-state index contributed by atoms with van der Waals surface area (Å²) in [5.41, 5.74) is 7.57. The van der Waals surface area contributed by atoms with Gasteiger partial charge < -0.3 is 10.5 Å². The van der Waals surface area contributed by atoms with Crippen LogP contribution in [-0.2, 0) is 0 Å². The van der Waals surface area contributed by atoms with Gasteiger partial charge in [0.1, 0.15) is 11.3 Å². The van der Waals surface area contributed by atoms with Crippen LogP contribution in [0, 0.1) is 0 Å². The molecule has 2 heterocycles. The molecular weight excluding hydrogens is 258 g/mol. The molecule has 0 spiro atoms. The molecule has 2 N–H and O–H groups in total. The summed E-state index contributed by atoms with van der Waals surface area (Å²) in [5, 5.41) is 1.57. The van der Waals surface area contributed by atoms with Crippen LogP contribution in [-0.4, -0.2) is 16.6 Å². The fraction of sp³-hybridized carbons (Fsp3) is 0.286. The van der Waals surface area contributed by atoms with Gasteiger partial charge in [0.15, 0.2) is 5.13 Å². The average molecular weight is 273 g/mol. The number of aromatic nitrogens is 2. The van der Waals surface area contributed by atoms with E-state index in [-0.39, 0.29) is 0 Å². The van der Waals surface area contributed by atoms with E-state index in [4.69, 9.17) is 10.5 Å². The summed E-state index contributed by atoms with van der Waals surface area (Å²) in [5.74, 6) is 0.820. The summed E-state index contributed by atoms with van der Waals surface area (Å²) in [4.78, 5) is 8.80. The van der Waals surface area contributed by atoms with Gasteiger partial charge in [-0.05, 0) is 18.6 Å². The first-order valence-corrected chi connectivity index (χ1v) is 7.18. The van der Waals surface area contributed by atoms with E-state index >= 15 is 0 Å². The lowest BCUT2D eigenvalue weighted by Gasteiger charge is -2.08. The Morgan fingerprint density at radius 3 is 3.11 bits per heavy atom. The van der Waals surface area contributed by atoms with Crippen molar-refractivity contribution in [1.29, 1.82) is 0 Å². The van der Waals surface area contributed by atoms with Crippen LogP contribution in [0.4, 0.5) is 5.13 Å². The number of thiazole rings is 1. The van der Waals surface area contributed by atoms with Gasteiger partial charge in [0.2, 0.25) is 0 Å². The summed E-state index contributed by atoms with van der Waals surface area (Å²) in [6, 6.07) is 5.91. The van der Waals surface area contributed by atoms with Gasteiger partial charge in [-0.25, -0.2) is 4.98 Å². The Kier molecular flexibility index (Phi) is 3.21. The maximum absolute atomic E-state index is 5.85. The van der Waals surface area contributed by atoms with Crippen LogP contribution in [0.2, 0.25) is 0 Å². The van der Waals surface area contributed by atoms with Crippen LogP contribution in [0.1, 0.15) is 19.8 Å². The van der Waals surface area contributed by atoms with Crippen molar-refractivity contribution in [2.24, 2.45) is 0 Å². The minimum Gasteiger partial charge on any atom is -0.491 e. The van der Waals surface area contributed by atoms with E-state index in [1.165, 1.54) is 11.3 Å². The lowest BCUT2D eigenvalue weighted by Crippen LogP contribution is -1.98. The van der Waals surface area contributed by atoms with Crippen LogP contribution in [0.3, 0.4) is 0 Å². The SMILES string of the molecule is CCCCOc1cc2sc(N)nc2c2cccnc12. The molecule has 0 radical (unpaired) electrons. The highest BCUT2D eigenvalue weighted by Crippen LogP contribution is 2.35. The number of hydrogen-bond acceptors (Lipinski definition) is 5. The molecule has 2 aromatic heterocycles. The second-order valence-corrected chi connectivity index (χ2v) is 5.44. The third-order valence-electron chi connectivity index (χ3n) is 2.98. The van der Waals surface area contributed by atoms with Crippen LogP contribution in [0.25, 0.3) is 21.1 Å². The second-order valence-electron chi connectivity index (χ2n) is 4.38. The first-order valence-electron chi connectivity index (χ1n) is 6.36. The number of ether oxygens (including phenoxy) is 1. The Morgan fingerprint density at radius 2 is 2.26 bits per heavy atom. The zero-order chi connectivity index (χ0) is 13.2. The number of nitrogens with zero attached hydrogens (tertiary/aromatic N) is 2. The van der Waals surface area contributed by atoms with Gasteiger partial charge in [-0.3, -0.25) is 4.98 Å². The molecule has 0 saturated carbocycles. The number of hydrogen-bond donors (Lipinski definition) is 1. The van der Waals surface area contributed by atoms with E-state index in [2.05, 4.69) is 16.9 Å². The molecule has 5 heteroatoms. The van der Waals surface area contributed by atoms with Crippen molar-refractivity contribution in [3.05, 3.63) is 24.4 Å². The highest BCUT2D eigenvalue weighted by Gasteiger charge is 2.12. The Labute approximate surface area is 115 Å². The fourth-order valence-corrected chi connectivity index (χ4v) is 2.84. The maximum atomic E-state index is 5.85. The third kappa shape index (κ3) is 2.21. The Morgan fingerprint density at radius 1 is 1.37 bits per heavy atom. The molecule has 3 aromatic rings. The predicted octanol–water partition coefficient (Wildman–Crippen LogP) is 3.61. The Balaban J connectivity index is 2.17. The van der Waals surface area contributed by atoms with Gasteiger partial charge in [-0.15, -0.1) is 0 Å². The molecule has 98 valence electrons. The number of unbranched alkanes of at least 4 members (excludes halogenated alkanes) is 1. The molecule has 0 aliphatic rings. The first kappa shape index (κ1) is 12.2. The molecule has 0 unspecified atom stereocenters. The summed E-state index contributed by atoms with van der Waals surface area (Å²) in [7, 11) is 0. The highest BCUT2D eigenvalue weighted by molar-refractivity contribution is 7.22. The number of nitrogen functional groups attached to an aromatic ring is 1. The summed E-state index contributed by atoms with van der Waals surface area (Å²) in [6.45, 7) is 2.86. The van der Waals surface area contributed by atoms with Crippen molar-refractivity contribution in [1.82, 2.24) is 9.97 Å². The van der Waals surface area contributed by atoms with E-state index < -0.39 is 0 Å². The highest BCUT2D eigenvalue weighted by atomic mass is 32.1. The topological polar surface area (TPSA) is 61.0 Å². The fourth-order valence-electron chi connectivity index (χ4n) is 2.06. The molecule has 0 atom stereocenters. The molecule has 0 amide bonds. The number of nitrogens with two attached hydrogens (primary N) is 1. The van der Waals surface area contributed by atoms with Crippen molar-refractivity contribution in [2.75, 3.05) is 12.3 Å². The molecule has 19 heavy (non-hydrogen) atoms. The van der Waals surface area contributed by atoms with Crippen molar-refractivity contribution in [3.8, 4) is 5.75 Å². The number of anilines is 1. The number of pyridine rings is 1. The van der Waals surface area contributed by atoms with Gasteiger partial charge in [-0.2, -0.15) is 0 Å². The standard InChI is InChI=1S/C14H15N3OS/c1-2-3-7-18-10-8-11-13(17-14(15)19-11)9-5-4-6-16-12(9)10/h4-6,8H,2-3,7H2,1H3,(H2,15,17). The second kappa shape index (κ2) is 5.01. The van der Waals surface area contributed by atoms with Gasteiger partial charge in [0.05, 0.1) is 16.8 Å². The number of fused-ring (bicyclic) bond motifs is 3. The molecular formula is C14H15N3OS. The van der Waals surface area contributed by atoms with Crippen LogP contribution >= 0.6 is 11.3 Å². The van der Waals surface area contributed by atoms with Crippen LogP contribution in [0.5, 0.6) is 5.75 Å². The van der Waals surface area contributed by atoms with Gasteiger partial charge in [-0.1, -0.05) is 24.7 Å². The molecule has 3 rings (SSSR count). The van der Waals surface area contributed by atoms with Gasteiger partial charge in [0, 0.05) is 17.6 Å². The lowest BCUT2D eigenvalue weighted by molar-refractivity contribution is 0.313. The first-order chi connectivity index (χ1) is 9.29. The van der Waals surface area contributed by atoms with Crippen LogP contribution < -0.4 is 10.5 Å². The molecule has 0 aliphatic carbocycles. The molecule has 0 aliphatic heterocycles. The summed E-state index contributed by atoms with van der Waals surface area (Å²) >= 11 is 1.48. The van der Waals surface area contributed by atoms with E-state index in [0.29, 0.717) is 11.7 Å². The quantitative estimate of drug-likeness (QED) is 0.738. The lowest BCUT2D eigenvalue weighted by atomic mass is 10.2. The zero-order valence-corrected chi connectivity index (χ0v) is 11.5. The van der Waals surface area contributed by atoms with E-state index in [1.807, 2.05) is 18.2 Å². The average Bonchev–Trinajstić information content (AvgIpc) is 2.80. The molecule has 1 aromatic carbocycles. The van der Waals surface area contributed by atoms with Crippen molar-refractivity contribution in [3.63, 3.8) is 0 Å². The number of rotatable bonds is 4. The molecule has 0 bridgehead atoms. The smallest absolute Gasteiger partial charge is 0.181 e. The number of benzene rings is 1. The van der Waals surface area contributed by atoms with E-state index in [9.17, 15) is 0 Å². The zero-order valence-electron chi connectivity index (χ0n) is 10.7. The summed E-state index contributed by atoms with van der Waals surface area (Å²) in [6.07, 6.45) is 3.93.